The monoisotopic (exact) mass is 233 g/mol. The molecule has 1 amide bonds. The largest absolute Gasteiger partial charge is 0.481 e. The minimum Gasteiger partial charge on any atom is -0.481 e. The molecule has 0 unspecified atom stereocenters. The molecule has 0 saturated carbocycles. The molecule has 0 aliphatic carbocycles. The third-order valence-electron chi connectivity index (χ3n) is 3.35. The fourth-order valence-corrected chi connectivity index (χ4v) is 1.98. The number of benzene rings is 1. The van der Waals surface area contributed by atoms with Crippen molar-refractivity contribution in [2.24, 2.45) is 0 Å². The van der Waals surface area contributed by atoms with Gasteiger partial charge in [0.05, 0.1) is 5.41 Å². The molecule has 0 bridgehead atoms. The quantitative estimate of drug-likeness (QED) is 0.844. The van der Waals surface area contributed by atoms with Crippen LogP contribution in [0.25, 0.3) is 0 Å². The lowest BCUT2D eigenvalue weighted by Gasteiger charge is -2.20. The van der Waals surface area contributed by atoms with E-state index in [9.17, 15) is 9.59 Å². The van der Waals surface area contributed by atoms with Crippen LogP contribution in [0.2, 0.25) is 0 Å². The summed E-state index contributed by atoms with van der Waals surface area (Å²) in [6, 6.07) is 5.27. The van der Waals surface area contributed by atoms with E-state index in [1.54, 1.807) is 37.9 Å². The number of carbonyl (C=O) groups is 2. The molecular weight excluding hydrogens is 218 g/mol. The topological polar surface area (TPSA) is 57.6 Å². The van der Waals surface area contributed by atoms with E-state index in [2.05, 4.69) is 0 Å². The van der Waals surface area contributed by atoms with E-state index in [-0.39, 0.29) is 5.91 Å². The van der Waals surface area contributed by atoms with E-state index >= 15 is 0 Å². The van der Waals surface area contributed by atoms with Crippen LogP contribution in [0.4, 0.5) is 0 Å². The SMILES string of the molecule is CN1Cc2cc(C(C)(C)C(=O)O)ccc2C1=O. The Kier molecular flexibility index (Phi) is 2.45. The standard InChI is InChI=1S/C13H15NO3/c1-13(2,12(16)17)9-4-5-10-8(6-9)7-14(3)11(10)15/h4-6H,7H2,1-3H3,(H,16,17). The summed E-state index contributed by atoms with van der Waals surface area (Å²) in [5.41, 5.74) is 1.38. The van der Waals surface area contributed by atoms with Crippen molar-refractivity contribution >= 4 is 11.9 Å². The lowest BCUT2D eigenvalue weighted by Crippen LogP contribution is -2.28. The summed E-state index contributed by atoms with van der Waals surface area (Å²) in [6.45, 7) is 3.88. The molecule has 1 aliphatic rings. The van der Waals surface area contributed by atoms with Crippen molar-refractivity contribution in [3.8, 4) is 0 Å². The Balaban J connectivity index is 2.47. The summed E-state index contributed by atoms with van der Waals surface area (Å²) >= 11 is 0. The Bertz CT molecular complexity index is 505. The van der Waals surface area contributed by atoms with Gasteiger partial charge in [-0.3, -0.25) is 9.59 Å². The molecule has 4 heteroatoms. The van der Waals surface area contributed by atoms with Crippen molar-refractivity contribution in [3.05, 3.63) is 34.9 Å². The van der Waals surface area contributed by atoms with Crippen LogP contribution in [0, 0.1) is 0 Å². The summed E-state index contributed by atoms with van der Waals surface area (Å²) in [5, 5.41) is 9.17. The Morgan fingerprint density at radius 3 is 2.65 bits per heavy atom. The molecule has 0 aromatic heterocycles. The van der Waals surface area contributed by atoms with Gasteiger partial charge >= 0.3 is 5.97 Å². The molecule has 1 N–H and O–H groups in total. The van der Waals surface area contributed by atoms with E-state index in [4.69, 9.17) is 5.11 Å². The highest BCUT2D eigenvalue weighted by atomic mass is 16.4. The lowest BCUT2D eigenvalue weighted by molar-refractivity contribution is -0.142. The summed E-state index contributed by atoms with van der Waals surface area (Å²) < 4.78 is 0. The molecule has 0 fully saturated rings. The van der Waals surface area contributed by atoms with Crippen molar-refractivity contribution in [3.63, 3.8) is 0 Å². The van der Waals surface area contributed by atoms with E-state index in [1.165, 1.54) is 0 Å². The first-order valence-electron chi connectivity index (χ1n) is 5.46. The molecule has 1 aromatic carbocycles. The van der Waals surface area contributed by atoms with Gasteiger partial charge in [0.25, 0.3) is 5.91 Å². The number of nitrogens with zero attached hydrogens (tertiary/aromatic N) is 1. The zero-order valence-electron chi connectivity index (χ0n) is 10.2. The van der Waals surface area contributed by atoms with Gasteiger partial charge in [0.1, 0.15) is 0 Å². The fraction of sp³-hybridized carbons (Fsp3) is 0.385. The van der Waals surface area contributed by atoms with Crippen LogP contribution < -0.4 is 0 Å². The van der Waals surface area contributed by atoms with E-state index in [0.717, 1.165) is 11.1 Å². The number of amides is 1. The zero-order valence-corrected chi connectivity index (χ0v) is 10.2. The van der Waals surface area contributed by atoms with Gasteiger partial charge < -0.3 is 10.0 Å². The second-order valence-corrected chi connectivity index (χ2v) is 4.96. The number of rotatable bonds is 2. The van der Waals surface area contributed by atoms with Crippen LogP contribution in [-0.4, -0.2) is 28.9 Å². The molecular formula is C13H15NO3. The van der Waals surface area contributed by atoms with Crippen LogP contribution in [0.5, 0.6) is 0 Å². The van der Waals surface area contributed by atoms with Crippen molar-refractivity contribution in [1.82, 2.24) is 4.90 Å². The van der Waals surface area contributed by atoms with Crippen LogP contribution in [0.15, 0.2) is 18.2 Å². The summed E-state index contributed by atoms with van der Waals surface area (Å²) in [4.78, 5) is 24.5. The molecule has 0 radical (unpaired) electrons. The molecule has 0 saturated heterocycles. The first kappa shape index (κ1) is 11.6. The maximum atomic E-state index is 11.7. The Hall–Kier alpha value is -1.84. The van der Waals surface area contributed by atoms with Crippen LogP contribution in [0.3, 0.4) is 0 Å². The van der Waals surface area contributed by atoms with Gasteiger partial charge in [0, 0.05) is 19.2 Å². The molecule has 1 aromatic rings. The summed E-state index contributed by atoms with van der Waals surface area (Å²) in [6.07, 6.45) is 0. The smallest absolute Gasteiger partial charge is 0.313 e. The summed E-state index contributed by atoms with van der Waals surface area (Å²) in [5.74, 6) is -0.866. The van der Waals surface area contributed by atoms with Gasteiger partial charge in [-0.15, -0.1) is 0 Å². The number of hydrogen-bond acceptors (Lipinski definition) is 2. The minimum atomic E-state index is -0.931. The fourth-order valence-electron chi connectivity index (χ4n) is 1.98. The molecule has 1 heterocycles. The predicted octanol–water partition coefficient (Wildman–Crippen LogP) is 1.63. The van der Waals surface area contributed by atoms with E-state index in [1.807, 2.05) is 6.07 Å². The second-order valence-electron chi connectivity index (χ2n) is 4.96. The number of carboxylic acid groups (broad SMARTS) is 1. The van der Waals surface area contributed by atoms with Gasteiger partial charge in [-0.1, -0.05) is 12.1 Å². The third kappa shape index (κ3) is 1.69. The van der Waals surface area contributed by atoms with Crippen molar-refractivity contribution in [2.45, 2.75) is 25.8 Å². The van der Waals surface area contributed by atoms with Crippen LogP contribution >= 0.6 is 0 Å². The molecule has 4 nitrogen and oxygen atoms in total. The molecule has 0 spiro atoms. The van der Waals surface area contributed by atoms with Crippen LogP contribution in [0.1, 0.15) is 35.3 Å². The Labute approximate surface area is 99.9 Å². The Morgan fingerprint density at radius 1 is 1.41 bits per heavy atom. The van der Waals surface area contributed by atoms with Gasteiger partial charge in [0.15, 0.2) is 0 Å². The first-order chi connectivity index (χ1) is 7.84. The molecule has 90 valence electrons. The third-order valence-corrected chi connectivity index (χ3v) is 3.35. The maximum absolute atomic E-state index is 11.7. The highest BCUT2D eigenvalue weighted by molar-refractivity contribution is 5.98. The molecule has 2 rings (SSSR count). The van der Waals surface area contributed by atoms with Gasteiger partial charge in [-0.25, -0.2) is 0 Å². The lowest BCUT2D eigenvalue weighted by atomic mass is 9.83. The predicted molar refractivity (Wildman–Crippen MR) is 62.9 cm³/mol. The average Bonchev–Trinajstić information content (AvgIpc) is 2.54. The van der Waals surface area contributed by atoms with Crippen LogP contribution in [-0.2, 0) is 16.8 Å². The minimum absolute atomic E-state index is 0.000295. The molecule has 0 atom stereocenters. The average molecular weight is 233 g/mol. The second kappa shape index (κ2) is 3.58. The number of fused-ring (bicyclic) bond motifs is 1. The maximum Gasteiger partial charge on any atom is 0.313 e. The van der Waals surface area contributed by atoms with Crippen molar-refractivity contribution in [1.29, 1.82) is 0 Å². The van der Waals surface area contributed by atoms with E-state index in [0.29, 0.717) is 12.1 Å². The van der Waals surface area contributed by atoms with Crippen molar-refractivity contribution < 1.29 is 14.7 Å². The molecule has 1 aliphatic heterocycles. The number of carboxylic acids is 1. The number of carbonyl (C=O) groups excluding carboxylic acids is 1. The number of aliphatic carboxylic acids is 1. The zero-order chi connectivity index (χ0) is 12.8. The number of hydrogen-bond donors (Lipinski definition) is 1. The normalized spacial score (nSPS) is 15.0. The summed E-state index contributed by atoms with van der Waals surface area (Å²) in [7, 11) is 1.74. The highest BCUT2D eigenvalue weighted by Crippen LogP contribution is 2.29. The first-order valence-corrected chi connectivity index (χ1v) is 5.46. The Morgan fingerprint density at radius 2 is 2.06 bits per heavy atom. The van der Waals surface area contributed by atoms with Gasteiger partial charge in [-0.2, -0.15) is 0 Å². The highest BCUT2D eigenvalue weighted by Gasteiger charge is 2.32. The van der Waals surface area contributed by atoms with Gasteiger partial charge in [-0.05, 0) is 31.0 Å². The molecule has 17 heavy (non-hydrogen) atoms. The van der Waals surface area contributed by atoms with Gasteiger partial charge in [0.2, 0.25) is 0 Å². The van der Waals surface area contributed by atoms with Crippen molar-refractivity contribution in [2.75, 3.05) is 7.05 Å². The van der Waals surface area contributed by atoms with E-state index < -0.39 is 11.4 Å².